The first-order valence-electron chi connectivity index (χ1n) is 2.97. The van der Waals surface area contributed by atoms with Gasteiger partial charge in [0, 0.05) is 0 Å². The molecule has 11 heavy (non-hydrogen) atoms. The van der Waals surface area contributed by atoms with Crippen molar-refractivity contribution >= 4 is 23.2 Å². The van der Waals surface area contributed by atoms with Crippen molar-refractivity contribution in [3.05, 3.63) is 22.2 Å². The summed E-state index contributed by atoms with van der Waals surface area (Å²) in [5.41, 5.74) is 0.371. The Hall–Kier alpha value is -0.380. The first kappa shape index (κ1) is 8.71. The van der Waals surface area contributed by atoms with Crippen molar-refractivity contribution in [3.63, 3.8) is 0 Å². The van der Waals surface area contributed by atoms with Crippen molar-refractivity contribution in [1.82, 2.24) is 9.97 Å². The van der Waals surface area contributed by atoms with Crippen molar-refractivity contribution in [3.8, 4) is 0 Å². The zero-order valence-electron chi connectivity index (χ0n) is 5.75. The molecular weight excluding hydrogens is 187 g/mol. The number of rotatable bonds is 1. The molecule has 1 aromatic rings. The average Bonchev–Trinajstić information content (AvgIpc) is 1.85. The van der Waals surface area contributed by atoms with Crippen LogP contribution in [0.5, 0.6) is 0 Å². The lowest BCUT2D eigenvalue weighted by molar-refractivity contribution is 0.198. The van der Waals surface area contributed by atoms with E-state index in [-0.39, 0.29) is 10.3 Å². The zero-order valence-corrected chi connectivity index (χ0v) is 7.26. The number of hydrogen-bond donors (Lipinski definition) is 1. The van der Waals surface area contributed by atoms with Crippen molar-refractivity contribution < 1.29 is 5.11 Å². The summed E-state index contributed by atoms with van der Waals surface area (Å²) in [7, 11) is 0. The van der Waals surface area contributed by atoms with Gasteiger partial charge in [-0.15, -0.1) is 0 Å². The largest absolute Gasteiger partial charge is 0.388 e. The van der Waals surface area contributed by atoms with Crippen LogP contribution in [-0.4, -0.2) is 15.1 Å². The van der Waals surface area contributed by atoms with Gasteiger partial charge in [-0.3, -0.25) is 0 Å². The van der Waals surface area contributed by atoms with Gasteiger partial charge in [0.1, 0.15) is 16.6 Å². The van der Waals surface area contributed by atoms with Gasteiger partial charge in [-0.25, -0.2) is 9.97 Å². The lowest BCUT2D eigenvalue weighted by Crippen LogP contribution is -1.97. The van der Waals surface area contributed by atoms with E-state index in [0.717, 1.165) is 0 Å². The van der Waals surface area contributed by atoms with E-state index < -0.39 is 6.10 Å². The molecular formula is C6H6Cl2N2O. The second-order valence-electron chi connectivity index (χ2n) is 2.04. The van der Waals surface area contributed by atoms with Crippen LogP contribution in [0.3, 0.4) is 0 Å². The standard InChI is InChI=1S/C6H6Cl2N2O/c1-3(11)4-5(7)9-2-10-6(4)8/h2-3,11H,1H3. The second-order valence-corrected chi connectivity index (χ2v) is 2.76. The van der Waals surface area contributed by atoms with Gasteiger partial charge in [0.15, 0.2) is 0 Å². The summed E-state index contributed by atoms with van der Waals surface area (Å²) >= 11 is 11.3. The summed E-state index contributed by atoms with van der Waals surface area (Å²) in [6.07, 6.45) is 0.507. The summed E-state index contributed by atoms with van der Waals surface area (Å²) in [4.78, 5) is 7.34. The van der Waals surface area contributed by atoms with E-state index in [1.165, 1.54) is 6.33 Å². The minimum Gasteiger partial charge on any atom is -0.388 e. The zero-order chi connectivity index (χ0) is 8.43. The molecule has 60 valence electrons. The van der Waals surface area contributed by atoms with Crippen molar-refractivity contribution in [2.75, 3.05) is 0 Å². The van der Waals surface area contributed by atoms with Crippen LogP contribution >= 0.6 is 23.2 Å². The van der Waals surface area contributed by atoms with Gasteiger partial charge < -0.3 is 5.11 Å². The Labute approximate surface area is 74.0 Å². The summed E-state index contributed by atoms with van der Waals surface area (Å²) in [6, 6.07) is 0. The van der Waals surface area contributed by atoms with Gasteiger partial charge in [-0.1, -0.05) is 23.2 Å². The molecule has 0 saturated heterocycles. The molecule has 1 aromatic heterocycles. The number of nitrogens with zero attached hydrogens (tertiary/aromatic N) is 2. The summed E-state index contributed by atoms with van der Waals surface area (Å²) in [6.45, 7) is 1.55. The Balaban J connectivity index is 3.21. The SMILES string of the molecule is CC(O)c1c(Cl)ncnc1Cl. The first-order chi connectivity index (χ1) is 5.13. The predicted molar refractivity (Wildman–Crippen MR) is 42.7 cm³/mol. The number of aliphatic hydroxyl groups is 1. The fraction of sp³-hybridized carbons (Fsp3) is 0.333. The number of halogens is 2. The Kier molecular flexibility index (Phi) is 2.65. The fourth-order valence-corrected chi connectivity index (χ4v) is 1.33. The average molecular weight is 193 g/mol. The molecule has 1 N–H and O–H groups in total. The molecule has 5 heteroatoms. The van der Waals surface area contributed by atoms with Gasteiger partial charge in [-0.2, -0.15) is 0 Å². The summed E-state index contributed by atoms with van der Waals surface area (Å²) in [5, 5.41) is 9.53. The minimum atomic E-state index is -0.740. The Morgan fingerprint density at radius 1 is 1.36 bits per heavy atom. The molecule has 0 aliphatic carbocycles. The Morgan fingerprint density at radius 3 is 2.09 bits per heavy atom. The molecule has 0 amide bonds. The van der Waals surface area contributed by atoms with E-state index in [0.29, 0.717) is 5.56 Å². The van der Waals surface area contributed by atoms with Crippen LogP contribution in [0.1, 0.15) is 18.6 Å². The van der Waals surface area contributed by atoms with E-state index in [9.17, 15) is 0 Å². The smallest absolute Gasteiger partial charge is 0.139 e. The topological polar surface area (TPSA) is 46.0 Å². The molecule has 1 atom stereocenters. The van der Waals surface area contributed by atoms with Crippen LogP contribution in [0.15, 0.2) is 6.33 Å². The summed E-state index contributed by atoms with van der Waals surface area (Å²) < 4.78 is 0. The van der Waals surface area contributed by atoms with E-state index in [2.05, 4.69) is 9.97 Å². The number of hydrogen-bond acceptors (Lipinski definition) is 3. The third-order valence-electron chi connectivity index (χ3n) is 1.20. The molecule has 0 spiro atoms. The third kappa shape index (κ3) is 1.80. The first-order valence-corrected chi connectivity index (χ1v) is 3.72. The van der Waals surface area contributed by atoms with E-state index in [4.69, 9.17) is 28.3 Å². The Morgan fingerprint density at radius 2 is 1.82 bits per heavy atom. The highest BCUT2D eigenvalue weighted by Gasteiger charge is 2.12. The molecule has 0 bridgehead atoms. The highest BCUT2D eigenvalue weighted by molar-refractivity contribution is 6.34. The van der Waals surface area contributed by atoms with E-state index in [1.54, 1.807) is 6.92 Å². The van der Waals surface area contributed by atoms with Gasteiger partial charge in [-0.05, 0) is 6.92 Å². The maximum Gasteiger partial charge on any atom is 0.139 e. The monoisotopic (exact) mass is 192 g/mol. The van der Waals surface area contributed by atoms with Crippen molar-refractivity contribution in [2.24, 2.45) is 0 Å². The van der Waals surface area contributed by atoms with Crippen LogP contribution in [0.25, 0.3) is 0 Å². The molecule has 1 unspecified atom stereocenters. The highest BCUT2D eigenvalue weighted by Crippen LogP contribution is 2.25. The molecule has 1 heterocycles. The Bertz CT molecular complexity index is 245. The fourth-order valence-electron chi connectivity index (χ4n) is 0.699. The maximum absolute atomic E-state index is 9.14. The van der Waals surface area contributed by atoms with Crippen LogP contribution in [0.2, 0.25) is 10.3 Å². The van der Waals surface area contributed by atoms with Crippen molar-refractivity contribution in [1.29, 1.82) is 0 Å². The van der Waals surface area contributed by atoms with Gasteiger partial charge in [0.05, 0.1) is 11.7 Å². The number of aromatic nitrogens is 2. The highest BCUT2D eigenvalue weighted by atomic mass is 35.5. The van der Waals surface area contributed by atoms with E-state index in [1.807, 2.05) is 0 Å². The van der Waals surface area contributed by atoms with E-state index >= 15 is 0 Å². The molecule has 0 radical (unpaired) electrons. The predicted octanol–water partition coefficient (Wildman–Crippen LogP) is 1.84. The van der Waals surface area contributed by atoms with Crippen LogP contribution in [0, 0.1) is 0 Å². The lowest BCUT2D eigenvalue weighted by atomic mass is 10.2. The molecule has 3 nitrogen and oxygen atoms in total. The van der Waals surface area contributed by atoms with Crippen molar-refractivity contribution in [2.45, 2.75) is 13.0 Å². The van der Waals surface area contributed by atoms with Crippen LogP contribution in [0.4, 0.5) is 0 Å². The van der Waals surface area contributed by atoms with Crippen LogP contribution in [-0.2, 0) is 0 Å². The van der Waals surface area contributed by atoms with Gasteiger partial charge in [0.2, 0.25) is 0 Å². The number of aliphatic hydroxyl groups excluding tert-OH is 1. The normalized spacial score (nSPS) is 13.1. The van der Waals surface area contributed by atoms with Gasteiger partial charge >= 0.3 is 0 Å². The quantitative estimate of drug-likeness (QED) is 0.692. The molecule has 0 fully saturated rings. The lowest BCUT2D eigenvalue weighted by Gasteiger charge is -2.06. The second kappa shape index (κ2) is 3.34. The molecule has 0 aromatic carbocycles. The molecule has 0 aliphatic heterocycles. The van der Waals surface area contributed by atoms with Gasteiger partial charge in [0.25, 0.3) is 0 Å². The third-order valence-corrected chi connectivity index (χ3v) is 1.81. The molecule has 1 rings (SSSR count). The molecule has 0 aliphatic rings. The minimum absolute atomic E-state index is 0.194. The van der Waals surface area contributed by atoms with Crippen LogP contribution < -0.4 is 0 Å². The molecule has 0 saturated carbocycles. The maximum atomic E-state index is 9.14. The summed E-state index contributed by atoms with van der Waals surface area (Å²) in [5.74, 6) is 0.